The number of fused-ring (bicyclic) bond motifs is 8. The minimum atomic E-state index is 0.357. The lowest BCUT2D eigenvalue weighted by Gasteiger charge is -2.50. The van der Waals surface area contributed by atoms with Gasteiger partial charge in [-0.1, -0.05) is 11.6 Å². The van der Waals surface area contributed by atoms with Gasteiger partial charge >= 0.3 is 0 Å². The number of aromatic nitrogens is 8. The van der Waals surface area contributed by atoms with Crippen molar-refractivity contribution >= 4 is 28.7 Å². The molecular weight excluding hydrogens is 716 g/mol. The van der Waals surface area contributed by atoms with Crippen molar-refractivity contribution in [1.82, 2.24) is 48.5 Å². The Labute approximate surface area is 326 Å². The number of piperidine rings is 6. The van der Waals surface area contributed by atoms with Gasteiger partial charge in [0.15, 0.2) is 0 Å². The fourth-order valence-corrected chi connectivity index (χ4v) is 8.79. The number of pyridine rings is 2. The molecule has 288 valence electrons. The Morgan fingerprint density at radius 3 is 1.71 bits per heavy atom. The molecule has 14 nitrogen and oxygen atoms in total. The van der Waals surface area contributed by atoms with Crippen LogP contribution in [0.1, 0.15) is 39.5 Å². The van der Waals surface area contributed by atoms with E-state index in [4.69, 9.17) is 31.8 Å². The van der Waals surface area contributed by atoms with E-state index in [-0.39, 0.29) is 0 Å². The van der Waals surface area contributed by atoms with Crippen LogP contribution in [0.3, 0.4) is 0 Å². The molecule has 4 atom stereocenters. The fourth-order valence-electron chi connectivity index (χ4n) is 8.65. The van der Waals surface area contributed by atoms with Crippen LogP contribution in [0.15, 0.2) is 73.8 Å². The van der Waals surface area contributed by atoms with E-state index < -0.39 is 0 Å². The summed E-state index contributed by atoms with van der Waals surface area (Å²) in [5.41, 5.74) is 10.9. The fraction of sp³-hybridized carbons (Fsp3) is 0.450. The molecule has 12 heterocycles. The minimum absolute atomic E-state index is 0.357. The van der Waals surface area contributed by atoms with E-state index in [1.165, 1.54) is 58.1 Å². The third-order valence-electron chi connectivity index (χ3n) is 11.9. The summed E-state index contributed by atoms with van der Waals surface area (Å²) < 4.78 is 14.3. The average molecular weight is 765 g/mol. The zero-order valence-electron chi connectivity index (χ0n) is 31.8. The third kappa shape index (κ3) is 7.68. The number of nitrogens with zero attached hydrogens (tertiary/aromatic N) is 10. The molecule has 0 amide bonds. The standard InChI is InChI=1S/C20H24N6O.C12H9ClN4O.C8H16N2/c1-13-20(14-3-6-25(13)7-4-14)24-18-12-21-10-16(23-18)17-11-22-19-9-15(27-2)5-8-26(17)19;1-18-8-2-3-17-10(6-15-12(17)4-8)9-5-14-7-11(13)16-9;1-6-8(9)7-2-4-10(6)5-3-7/h5,8-14,20H,3-4,6-7H2,1-2H3,(H,23,24);2-7H,1H3;6-8H,2-5,9H2,1H3/t13-,20+;;6-,8+/m1.1/s1. The van der Waals surface area contributed by atoms with Crippen LogP contribution in [0.25, 0.3) is 34.1 Å². The summed E-state index contributed by atoms with van der Waals surface area (Å²) in [6, 6.07) is 9.61. The molecule has 0 unspecified atom stereocenters. The van der Waals surface area contributed by atoms with Crippen molar-refractivity contribution in [2.45, 2.75) is 63.7 Å². The van der Waals surface area contributed by atoms with E-state index in [9.17, 15) is 0 Å². The molecule has 6 aliphatic rings. The number of anilines is 1. The summed E-state index contributed by atoms with van der Waals surface area (Å²) >= 11 is 5.84. The normalized spacial score (nSPS) is 26.5. The lowest BCUT2D eigenvalue weighted by Crippen LogP contribution is -2.59. The van der Waals surface area contributed by atoms with Gasteiger partial charge in [-0.15, -0.1) is 0 Å². The number of nitrogens with one attached hydrogen (secondary N) is 1. The van der Waals surface area contributed by atoms with Gasteiger partial charge in [-0.3, -0.25) is 28.6 Å². The molecule has 6 aromatic heterocycles. The zero-order valence-corrected chi connectivity index (χ0v) is 32.5. The molecule has 6 saturated heterocycles. The Hall–Kier alpha value is -4.89. The van der Waals surface area contributed by atoms with Gasteiger partial charge in [0.2, 0.25) is 0 Å². The van der Waals surface area contributed by atoms with Crippen LogP contribution in [0, 0.1) is 11.8 Å². The maximum atomic E-state index is 6.02. The van der Waals surface area contributed by atoms with Crippen LogP contribution in [0.5, 0.6) is 11.5 Å². The van der Waals surface area contributed by atoms with Crippen LogP contribution in [-0.4, -0.2) is 113 Å². The first-order valence-corrected chi connectivity index (χ1v) is 19.5. The summed E-state index contributed by atoms with van der Waals surface area (Å²) in [7, 11) is 3.28. The zero-order chi connectivity index (χ0) is 38.1. The summed E-state index contributed by atoms with van der Waals surface area (Å²) in [6.07, 6.45) is 19.4. The topological polar surface area (TPSA) is 149 Å². The Kier molecular flexibility index (Phi) is 10.8. The summed E-state index contributed by atoms with van der Waals surface area (Å²) in [5, 5.41) is 4.02. The van der Waals surface area contributed by atoms with Crippen LogP contribution in [0.2, 0.25) is 5.15 Å². The first-order valence-electron chi connectivity index (χ1n) is 19.1. The van der Waals surface area contributed by atoms with Gasteiger partial charge in [0.1, 0.15) is 45.2 Å². The van der Waals surface area contributed by atoms with Gasteiger partial charge in [0.25, 0.3) is 0 Å². The van der Waals surface area contributed by atoms with Crippen molar-refractivity contribution in [3.63, 3.8) is 0 Å². The Morgan fingerprint density at radius 1 is 0.691 bits per heavy atom. The van der Waals surface area contributed by atoms with E-state index in [0.717, 1.165) is 57.5 Å². The molecule has 0 spiro atoms. The SMILES string of the molecule is COc1ccn2c(-c3cncc(Cl)n3)cnc2c1.COc1ccn2c(-c3cncc(N[C@@H]4C5CCN(CC5)[C@@H]4C)n3)cnc2c1.C[C@@H]1[C@H](N)C2CCN1CC2. The van der Waals surface area contributed by atoms with Crippen molar-refractivity contribution in [2.24, 2.45) is 17.6 Å². The second-order valence-electron chi connectivity index (χ2n) is 14.9. The smallest absolute Gasteiger partial charge is 0.148 e. The second-order valence-corrected chi connectivity index (χ2v) is 15.3. The largest absolute Gasteiger partial charge is 0.497 e. The van der Waals surface area contributed by atoms with E-state index >= 15 is 0 Å². The van der Waals surface area contributed by atoms with Crippen molar-refractivity contribution in [3.05, 3.63) is 79.0 Å². The maximum absolute atomic E-state index is 6.02. The molecule has 3 N–H and O–H groups in total. The highest BCUT2D eigenvalue weighted by atomic mass is 35.5. The van der Waals surface area contributed by atoms with E-state index in [1.54, 1.807) is 32.8 Å². The van der Waals surface area contributed by atoms with Gasteiger partial charge in [0.05, 0.1) is 62.8 Å². The highest BCUT2D eigenvalue weighted by Crippen LogP contribution is 2.34. The minimum Gasteiger partial charge on any atom is -0.497 e. The van der Waals surface area contributed by atoms with Crippen LogP contribution >= 0.6 is 11.6 Å². The molecule has 0 aromatic carbocycles. The molecule has 4 bridgehead atoms. The number of hydrogen-bond acceptors (Lipinski definition) is 12. The number of ether oxygens (including phenoxy) is 2. The van der Waals surface area contributed by atoms with Gasteiger partial charge < -0.3 is 20.5 Å². The predicted octanol–water partition coefficient (Wildman–Crippen LogP) is 5.58. The van der Waals surface area contributed by atoms with E-state index in [2.05, 4.69) is 53.9 Å². The Balaban J connectivity index is 0.000000130. The third-order valence-corrected chi connectivity index (χ3v) is 12.1. The molecule has 0 radical (unpaired) electrons. The average Bonchev–Trinajstić information content (AvgIpc) is 3.86. The van der Waals surface area contributed by atoms with Crippen molar-refractivity contribution in [1.29, 1.82) is 0 Å². The number of nitrogens with two attached hydrogens (primary N) is 1. The van der Waals surface area contributed by atoms with Crippen molar-refractivity contribution in [2.75, 3.05) is 45.7 Å². The molecule has 15 heteroatoms. The van der Waals surface area contributed by atoms with Crippen molar-refractivity contribution in [3.8, 4) is 34.3 Å². The quantitative estimate of drug-likeness (QED) is 0.218. The second kappa shape index (κ2) is 16.1. The first-order chi connectivity index (χ1) is 26.8. The van der Waals surface area contributed by atoms with Gasteiger partial charge in [-0.05, 0) is 89.7 Å². The van der Waals surface area contributed by atoms with Gasteiger partial charge in [0, 0.05) is 48.7 Å². The molecule has 0 aliphatic carbocycles. The molecule has 55 heavy (non-hydrogen) atoms. The summed E-state index contributed by atoms with van der Waals surface area (Å²) in [5.74, 6) is 3.94. The number of imidazole rings is 2. The number of halogens is 1. The van der Waals surface area contributed by atoms with Crippen LogP contribution < -0.4 is 20.5 Å². The van der Waals surface area contributed by atoms with Crippen LogP contribution in [0.4, 0.5) is 5.82 Å². The lowest BCUT2D eigenvalue weighted by atomic mass is 9.79. The molecule has 12 rings (SSSR count). The van der Waals surface area contributed by atoms with Crippen LogP contribution in [-0.2, 0) is 0 Å². The van der Waals surface area contributed by atoms with E-state index in [0.29, 0.717) is 35.0 Å². The molecule has 6 aliphatic heterocycles. The lowest BCUT2D eigenvalue weighted by molar-refractivity contribution is 0.0380. The predicted molar refractivity (Wildman–Crippen MR) is 213 cm³/mol. The Morgan fingerprint density at radius 2 is 1.22 bits per heavy atom. The van der Waals surface area contributed by atoms with E-state index in [1.807, 2.05) is 57.9 Å². The summed E-state index contributed by atoms with van der Waals surface area (Å²) in [4.78, 5) is 31.4. The number of hydrogen-bond donors (Lipinski definition) is 2. The number of rotatable bonds is 6. The number of methoxy groups -OCH3 is 2. The van der Waals surface area contributed by atoms with Gasteiger partial charge in [-0.25, -0.2) is 19.9 Å². The molecule has 6 aromatic rings. The maximum Gasteiger partial charge on any atom is 0.148 e. The molecule has 6 fully saturated rings. The highest BCUT2D eigenvalue weighted by molar-refractivity contribution is 6.29. The first kappa shape index (κ1) is 37.1. The highest BCUT2D eigenvalue weighted by Gasteiger charge is 2.40. The molecular formula is C40H49ClN12O2. The summed E-state index contributed by atoms with van der Waals surface area (Å²) in [6.45, 7) is 9.61. The Bertz CT molecular complexity index is 2210. The monoisotopic (exact) mass is 764 g/mol. The van der Waals surface area contributed by atoms with Crippen molar-refractivity contribution < 1.29 is 9.47 Å². The molecule has 0 saturated carbocycles. The van der Waals surface area contributed by atoms with Gasteiger partial charge in [-0.2, -0.15) is 0 Å².